The van der Waals surface area contributed by atoms with Gasteiger partial charge in [0.25, 0.3) is 5.91 Å². The molecule has 1 fully saturated rings. The summed E-state index contributed by atoms with van der Waals surface area (Å²) in [5.41, 5.74) is 9.68. The molecule has 1 amide bonds. The van der Waals surface area contributed by atoms with Crippen LogP contribution in [0.4, 0.5) is 0 Å². The molecule has 1 aromatic carbocycles. The van der Waals surface area contributed by atoms with Gasteiger partial charge in [-0.25, -0.2) is 0 Å². The first-order valence-electron chi connectivity index (χ1n) is 9.92. The number of piperidine rings is 1. The van der Waals surface area contributed by atoms with Gasteiger partial charge in [-0.05, 0) is 55.0 Å². The summed E-state index contributed by atoms with van der Waals surface area (Å²) < 4.78 is 10.4. The zero-order valence-corrected chi connectivity index (χ0v) is 16.9. The molecular weight excluding hydrogens is 374 g/mol. The highest BCUT2D eigenvalue weighted by atomic mass is 16.5. The number of carbonyl (C=O) groups is 2. The Bertz CT molecular complexity index is 721. The van der Waals surface area contributed by atoms with Crippen LogP contribution in [0.25, 0.3) is 10.4 Å². The second kappa shape index (κ2) is 12.6. The van der Waals surface area contributed by atoms with Gasteiger partial charge in [-0.2, -0.15) is 0 Å². The van der Waals surface area contributed by atoms with Crippen LogP contribution in [-0.4, -0.2) is 56.2 Å². The summed E-state index contributed by atoms with van der Waals surface area (Å²) in [5, 5.41) is 6.39. The van der Waals surface area contributed by atoms with E-state index in [-0.39, 0.29) is 12.5 Å². The minimum absolute atomic E-state index is 0.252. The zero-order chi connectivity index (χ0) is 20.9. The second-order valence-corrected chi connectivity index (χ2v) is 7.14. The van der Waals surface area contributed by atoms with Crippen molar-refractivity contribution in [2.75, 3.05) is 39.4 Å². The molecule has 1 unspecified atom stereocenters. The average molecular weight is 403 g/mol. The Labute approximate surface area is 171 Å². The van der Waals surface area contributed by atoms with Gasteiger partial charge in [0.1, 0.15) is 5.75 Å². The molecule has 1 N–H and O–H groups in total. The number of nitrogens with zero attached hydrogens (tertiary/aromatic N) is 4. The van der Waals surface area contributed by atoms with Crippen LogP contribution in [0.3, 0.4) is 0 Å². The fourth-order valence-electron chi connectivity index (χ4n) is 3.30. The molecular formula is C20H29N5O4. The summed E-state index contributed by atoms with van der Waals surface area (Å²) in [4.78, 5) is 27.3. The van der Waals surface area contributed by atoms with Gasteiger partial charge >= 0.3 is 5.97 Å². The summed E-state index contributed by atoms with van der Waals surface area (Å²) in [7, 11) is 0. The third kappa shape index (κ3) is 9.32. The van der Waals surface area contributed by atoms with E-state index in [1.165, 1.54) is 12.5 Å². The van der Waals surface area contributed by atoms with Crippen molar-refractivity contribution in [3.63, 3.8) is 0 Å². The van der Waals surface area contributed by atoms with Gasteiger partial charge in [0.05, 0.1) is 6.61 Å². The standard InChI is InChI=1S/C20H29N5O4/c1-16(26)29-15-20(27)22-8-4-10-28-19-7-2-5-17(11-19)13-25-9-3-6-18(14-25)12-23-24-21/h2,5,7,11,18H,3-4,6,8-10,12-15H2,1H3,(H,22,27). The molecule has 1 aliphatic heterocycles. The summed E-state index contributed by atoms with van der Waals surface area (Å²) >= 11 is 0. The van der Waals surface area contributed by atoms with Crippen molar-refractivity contribution in [2.24, 2.45) is 11.0 Å². The topological polar surface area (TPSA) is 117 Å². The molecule has 9 nitrogen and oxygen atoms in total. The van der Waals surface area contributed by atoms with Crippen LogP contribution in [0.1, 0.15) is 31.7 Å². The van der Waals surface area contributed by atoms with Gasteiger partial charge in [0.2, 0.25) is 0 Å². The molecule has 0 aromatic heterocycles. The summed E-state index contributed by atoms with van der Waals surface area (Å²) in [6.07, 6.45) is 2.88. The molecule has 0 saturated carbocycles. The Morgan fingerprint density at radius 2 is 2.28 bits per heavy atom. The molecule has 1 aromatic rings. The maximum absolute atomic E-state index is 11.4. The third-order valence-corrected chi connectivity index (χ3v) is 4.63. The largest absolute Gasteiger partial charge is 0.494 e. The van der Waals surface area contributed by atoms with E-state index >= 15 is 0 Å². The number of likely N-dealkylation sites (tertiary alicyclic amines) is 1. The number of azide groups is 1. The number of benzene rings is 1. The van der Waals surface area contributed by atoms with E-state index in [2.05, 4.69) is 31.0 Å². The normalized spacial score (nSPS) is 16.5. The van der Waals surface area contributed by atoms with Crippen molar-refractivity contribution < 1.29 is 19.1 Å². The number of esters is 1. The molecule has 2 rings (SSSR count). The highest BCUT2D eigenvalue weighted by molar-refractivity contribution is 5.79. The van der Waals surface area contributed by atoms with Gasteiger partial charge in [-0.15, -0.1) is 0 Å². The fraction of sp³-hybridized carbons (Fsp3) is 0.600. The van der Waals surface area contributed by atoms with Crippen molar-refractivity contribution in [2.45, 2.75) is 32.7 Å². The summed E-state index contributed by atoms with van der Waals surface area (Å²) in [6, 6.07) is 8.02. The molecule has 1 saturated heterocycles. The maximum atomic E-state index is 11.4. The minimum Gasteiger partial charge on any atom is -0.494 e. The van der Waals surface area contributed by atoms with Crippen molar-refractivity contribution >= 4 is 11.9 Å². The molecule has 29 heavy (non-hydrogen) atoms. The Balaban J connectivity index is 1.69. The fourth-order valence-corrected chi connectivity index (χ4v) is 3.30. The number of carbonyl (C=O) groups excluding carboxylic acids is 2. The third-order valence-electron chi connectivity index (χ3n) is 4.63. The van der Waals surface area contributed by atoms with E-state index in [1.54, 1.807) is 0 Å². The molecule has 1 aliphatic rings. The van der Waals surface area contributed by atoms with Gasteiger partial charge in [-0.1, -0.05) is 17.2 Å². The monoisotopic (exact) mass is 403 g/mol. The number of hydrogen-bond donors (Lipinski definition) is 1. The van der Waals surface area contributed by atoms with Crippen molar-refractivity contribution in [3.8, 4) is 5.75 Å². The Morgan fingerprint density at radius 1 is 1.41 bits per heavy atom. The molecule has 0 aliphatic carbocycles. The number of nitrogens with one attached hydrogen (secondary N) is 1. The summed E-state index contributed by atoms with van der Waals surface area (Å²) in [5.74, 6) is 0.438. The SMILES string of the molecule is CC(=O)OCC(=O)NCCCOc1cccc(CN2CCCC(CN=[N+]=[N-])C2)c1. The highest BCUT2D eigenvalue weighted by Gasteiger charge is 2.19. The van der Waals surface area contributed by atoms with E-state index in [0.717, 1.165) is 38.2 Å². The first-order valence-corrected chi connectivity index (χ1v) is 9.92. The predicted molar refractivity (Wildman–Crippen MR) is 108 cm³/mol. The number of ether oxygens (including phenoxy) is 2. The quantitative estimate of drug-likeness (QED) is 0.200. The molecule has 1 atom stereocenters. The number of hydrogen-bond acceptors (Lipinski definition) is 6. The smallest absolute Gasteiger partial charge is 0.303 e. The van der Waals surface area contributed by atoms with E-state index in [9.17, 15) is 9.59 Å². The molecule has 9 heteroatoms. The highest BCUT2D eigenvalue weighted by Crippen LogP contribution is 2.21. The van der Waals surface area contributed by atoms with Gasteiger partial charge in [-0.3, -0.25) is 14.5 Å². The lowest BCUT2D eigenvalue weighted by Crippen LogP contribution is -2.35. The Morgan fingerprint density at radius 3 is 3.07 bits per heavy atom. The van der Waals surface area contributed by atoms with Crippen LogP contribution in [0.15, 0.2) is 29.4 Å². The molecule has 1 heterocycles. The van der Waals surface area contributed by atoms with Crippen LogP contribution in [0.2, 0.25) is 0 Å². The van der Waals surface area contributed by atoms with E-state index in [4.69, 9.17) is 10.3 Å². The zero-order valence-electron chi connectivity index (χ0n) is 16.9. The lowest BCUT2D eigenvalue weighted by Gasteiger charge is -2.32. The van der Waals surface area contributed by atoms with E-state index in [1.807, 2.05) is 18.2 Å². The van der Waals surface area contributed by atoms with Crippen LogP contribution >= 0.6 is 0 Å². The minimum atomic E-state index is -0.473. The first kappa shape index (κ1) is 22.5. The Hall–Kier alpha value is -2.77. The molecule has 0 radical (unpaired) electrons. The van der Waals surface area contributed by atoms with Gasteiger partial charge in [0, 0.05) is 38.0 Å². The number of amides is 1. The second-order valence-electron chi connectivity index (χ2n) is 7.14. The predicted octanol–water partition coefficient (Wildman–Crippen LogP) is 2.66. The van der Waals surface area contributed by atoms with Crippen LogP contribution in [-0.2, 0) is 20.9 Å². The maximum Gasteiger partial charge on any atom is 0.303 e. The first-order chi connectivity index (χ1) is 14.1. The van der Waals surface area contributed by atoms with E-state index < -0.39 is 5.97 Å². The van der Waals surface area contributed by atoms with Crippen molar-refractivity contribution in [1.82, 2.24) is 10.2 Å². The van der Waals surface area contributed by atoms with Crippen LogP contribution in [0, 0.1) is 5.92 Å². The van der Waals surface area contributed by atoms with Crippen molar-refractivity contribution in [3.05, 3.63) is 40.3 Å². The molecule has 158 valence electrons. The van der Waals surface area contributed by atoms with Gasteiger partial charge < -0.3 is 14.8 Å². The lowest BCUT2D eigenvalue weighted by atomic mass is 9.98. The summed E-state index contributed by atoms with van der Waals surface area (Å²) in [6.45, 7) is 5.35. The van der Waals surface area contributed by atoms with Crippen molar-refractivity contribution in [1.29, 1.82) is 0 Å². The van der Waals surface area contributed by atoms with Gasteiger partial charge in [0.15, 0.2) is 6.61 Å². The lowest BCUT2D eigenvalue weighted by molar-refractivity contribution is -0.146. The Kier molecular flexibility index (Phi) is 9.82. The molecule has 0 spiro atoms. The van der Waals surface area contributed by atoms with Crippen LogP contribution < -0.4 is 10.1 Å². The molecule has 0 bridgehead atoms. The van der Waals surface area contributed by atoms with Crippen LogP contribution in [0.5, 0.6) is 5.75 Å². The van der Waals surface area contributed by atoms with E-state index in [0.29, 0.717) is 32.0 Å². The average Bonchev–Trinajstić information content (AvgIpc) is 2.71. The number of rotatable bonds is 11.